The molecule has 2 heterocycles. The zero-order valence-corrected chi connectivity index (χ0v) is 61.3. The van der Waals surface area contributed by atoms with Crippen molar-refractivity contribution in [3.05, 3.63) is 371 Å². The van der Waals surface area contributed by atoms with E-state index < -0.39 is 78.6 Å². The Morgan fingerprint density at radius 1 is 0.283 bits per heavy atom. The summed E-state index contributed by atoms with van der Waals surface area (Å²) in [5.74, 6) is 0. The second-order valence-electron chi connectivity index (χ2n) is 25.6. The molecule has 0 bridgehead atoms. The highest BCUT2D eigenvalue weighted by atomic mass is 31.2. The van der Waals surface area contributed by atoms with E-state index in [2.05, 4.69) is 0 Å². The molecule has 0 amide bonds. The molecule has 21 heteroatoms. The minimum absolute atomic E-state index is 0.0462. The van der Waals surface area contributed by atoms with E-state index in [1.165, 1.54) is 0 Å². The maximum Gasteiger partial charge on any atom is 0.475 e. The van der Waals surface area contributed by atoms with E-state index in [9.17, 15) is 0 Å². The Hall–Kier alpha value is -8.23. The number of aryl methyl sites for hydroxylation is 1. The maximum atomic E-state index is 16.6. The van der Waals surface area contributed by atoms with Crippen molar-refractivity contribution in [1.82, 2.24) is 0 Å². The Bertz CT molecular complexity index is 4450. The van der Waals surface area contributed by atoms with Crippen LogP contribution in [0.25, 0.3) is 10.8 Å². The number of phosphoric acid groups is 3. The molecular weight excluding hydrogens is 1400 g/mol. The second kappa shape index (κ2) is 38.0. The van der Waals surface area contributed by atoms with Gasteiger partial charge in [0.1, 0.15) is 48.8 Å². The minimum atomic E-state index is -5.01. The molecule has 0 aliphatic carbocycles. The lowest BCUT2D eigenvalue weighted by Gasteiger charge is -2.47. The fourth-order valence-electron chi connectivity index (χ4n) is 12.4. The van der Waals surface area contributed by atoms with E-state index in [-0.39, 0.29) is 72.7 Å². The number of ether oxygens (including phenoxy) is 6. The average Bonchev–Trinajstić information content (AvgIpc) is 1.57. The van der Waals surface area contributed by atoms with Gasteiger partial charge in [-0.15, -0.1) is 0 Å². The molecule has 2 fully saturated rings. The Labute approximate surface area is 619 Å². The first-order valence-electron chi connectivity index (χ1n) is 35.3. The van der Waals surface area contributed by atoms with Crippen LogP contribution in [0.1, 0.15) is 67.3 Å². The predicted octanol–water partition coefficient (Wildman–Crippen LogP) is 19.5. The first kappa shape index (κ1) is 76.0. The van der Waals surface area contributed by atoms with Gasteiger partial charge in [0.15, 0.2) is 6.29 Å². The van der Waals surface area contributed by atoms with Gasteiger partial charge < -0.3 is 28.4 Å². The molecule has 2 saturated heterocycles. The largest absolute Gasteiger partial charge is 0.475 e. The van der Waals surface area contributed by atoms with Crippen LogP contribution in [-0.2, 0) is 142 Å². The molecule has 11 aromatic carbocycles. The van der Waals surface area contributed by atoms with Crippen molar-refractivity contribution < 1.29 is 82.8 Å². The molecule has 11 aromatic rings. The number of hydrogen-bond acceptors (Lipinski definition) is 18. The van der Waals surface area contributed by atoms with Crippen molar-refractivity contribution in [3.8, 4) is 0 Å². The lowest BCUT2D eigenvalue weighted by molar-refractivity contribution is -0.325. The quantitative estimate of drug-likeness (QED) is 0.0332. The molecule has 2 aliphatic heterocycles. The molecule has 106 heavy (non-hydrogen) atoms. The third-order valence-corrected chi connectivity index (χ3v) is 22.1. The van der Waals surface area contributed by atoms with Gasteiger partial charge in [-0.25, -0.2) is 13.7 Å². The lowest BCUT2D eigenvalue weighted by atomic mass is 9.93. The molecule has 9 atom stereocenters. The van der Waals surface area contributed by atoms with Gasteiger partial charge in [0.2, 0.25) is 0 Å². The van der Waals surface area contributed by atoms with Crippen LogP contribution in [-0.4, -0.2) is 62.2 Å². The Morgan fingerprint density at radius 3 is 0.934 bits per heavy atom. The Balaban J connectivity index is 0.983. The van der Waals surface area contributed by atoms with Crippen molar-refractivity contribution in [3.63, 3.8) is 0 Å². The summed E-state index contributed by atoms with van der Waals surface area (Å²) in [5, 5.41) is 1.74. The van der Waals surface area contributed by atoms with Crippen LogP contribution in [0.2, 0.25) is 0 Å². The normalized spacial score (nSPS) is 19.8. The summed E-state index contributed by atoms with van der Waals surface area (Å²) in [6.07, 6.45) is -13.3. The molecule has 18 nitrogen and oxygen atoms in total. The highest BCUT2D eigenvalue weighted by Gasteiger charge is 2.59. The van der Waals surface area contributed by atoms with Crippen molar-refractivity contribution in [2.75, 3.05) is 13.2 Å². The lowest BCUT2D eigenvalue weighted by Crippen LogP contribution is -2.62. The van der Waals surface area contributed by atoms with Crippen LogP contribution in [0.4, 0.5) is 0 Å². The summed E-state index contributed by atoms with van der Waals surface area (Å²) >= 11 is 0. The smallest absolute Gasteiger partial charge is 0.374 e. The summed E-state index contributed by atoms with van der Waals surface area (Å²) in [7, 11) is -14.7. The summed E-state index contributed by atoms with van der Waals surface area (Å²) in [6, 6.07) is 95.5. The number of rotatable bonds is 38. The van der Waals surface area contributed by atoms with E-state index >= 15 is 13.7 Å². The molecule has 0 radical (unpaired) electrons. The van der Waals surface area contributed by atoms with Crippen LogP contribution in [0, 0.1) is 6.92 Å². The topological polar surface area (TPSA) is 190 Å². The van der Waals surface area contributed by atoms with Gasteiger partial charge in [-0.3, -0.25) is 40.7 Å². The average molecular weight is 1490 g/mol. The summed E-state index contributed by atoms with van der Waals surface area (Å²) in [5.41, 5.74) is 7.95. The molecule has 0 saturated carbocycles. The predicted molar refractivity (Wildman–Crippen MR) is 402 cm³/mol. The first-order chi connectivity index (χ1) is 52.0. The molecule has 0 unspecified atom stereocenters. The molecule has 0 aromatic heterocycles. The molecular formula is C85H85O18P3. The fourth-order valence-corrected chi connectivity index (χ4v) is 16.5. The van der Waals surface area contributed by atoms with E-state index in [0.717, 1.165) is 27.5 Å². The Morgan fingerprint density at radius 2 is 0.575 bits per heavy atom. The summed E-state index contributed by atoms with van der Waals surface area (Å²) in [4.78, 5) is 0. The van der Waals surface area contributed by atoms with E-state index in [1.807, 2.05) is 316 Å². The van der Waals surface area contributed by atoms with Gasteiger partial charge in [-0.05, 0) is 78.9 Å². The summed E-state index contributed by atoms with van der Waals surface area (Å²) in [6.45, 7) is 0.157. The molecule has 2 aliphatic rings. The zero-order valence-electron chi connectivity index (χ0n) is 58.6. The molecule has 13 rings (SSSR count). The van der Waals surface area contributed by atoms with Crippen LogP contribution in [0.3, 0.4) is 0 Å². The molecule has 0 N–H and O–H groups in total. The number of fused-ring (bicyclic) bond motifs is 1. The minimum Gasteiger partial charge on any atom is -0.374 e. The second-order valence-corrected chi connectivity index (χ2v) is 30.5. The molecule has 0 spiro atoms. The monoisotopic (exact) mass is 1490 g/mol. The van der Waals surface area contributed by atoms with Crippen LogP contribution in [0.15, 0.2) is 309 Å². The van der Waals surface area contributed by atoms with Gasteiger partial charge in [-0.1, -0.05) is 309 Å². The van der Waals surface area contributed by atoms with Gasteiger partial charge in [0, 0.05) is 0 Å². The summed E-state index contributed by atoms with van der Waals surface area (Å²) < 4.78 is 153. The highest BCUT2D eigenvalue weighted by Crippen LogP contribution is 2.60. The van der Waals surface area contributed by atoms with Crippen molar-refractivity contribution in [1.29, 1.82) is 0 Å². The number of hydrogen-bond donors (Lipinski definition) is 0. The third kappa shape index (κ3) is 21.6. The zero-order chi connectivity index (χ0) is 72.6. The standard InChI is InChI=1S/C85H85O18P3/c1-64-51-52-76(75-50-30-29-49-74(64)75)79-82(102-105(87,94-58-70-41-21-7-22-42-70)95-59-71-43-23-8-24-44-71)80(77(98-79)62-89-53-65-31-11-2-12-32-65)100-85-84(91-55-67-35-15-4-16-36-67)83(103-106(88,96-60-72-45-25-9-26-46-72)97-61-73-47-27-10-28-48-73)81(78(99-85)63-90-54-66-33-13-3-14-34-66)101-104(86,92-56-68-37-17-5-18-38-68)93-57-69-39-19-6-20-40-69/h2-52,77-85H,53-63H2,1H3/t77-,78-,79+,80-,81-,82+,83+,84-,85-/m1/s1. The fraction of sp³-hybridized carbons (Fsp3) is 0.247. The van der Waals surface area contributed by atoms with Gasteiger partial charge in [-0.2, -0.15) is 0 Å². The van der Waals surface area contributed by atoms with Gasteiger partial charge in [0.25, 0.3) is 0 Å². The third-order valence-electron chi connectivity index (χ3n) is 17.9. The van der Waals surface area contributed by atoms with Crippen LogP contribution < -0.4 is 0 Å². The van der Waals surface area contributed by atoms with Crippen molar-refractivity contribution >= 4 is 34.2 Å². The van der Waals surface area contributed by atoms with Crippen LogP contribution >= 0.6 is 23.5 Å². The Kier molecular flexibility index (Phi) is 27.3. The highest BCUT2D eigenvalue weighted by molar-refractivity contribution is 7.49. The number of phosphoric ester groups is 3. The number of benzene rings is 11. The van der Waals surface area contributed by atoms with Crippen LogP contribution in [0.5, 0.6) is 0 Å². The van der Waals surface area contributed by atoms with Gasteiger partial charge >= 0.3 is 23.5 Å². The van der Waals surface area contributed by atoms with Gasteiger partial charge in [0.05, 0.1) is 72.7 Å². The van der Waals surface area contributed by atoms with Crippen molar-refractivity contribution in [2.24, 2.45) is 0 Å². The maximum absolute atomic E-state index is 16.6. The SMILES string of the molecule is Cc1ccc([C@@H]2O[C@H](COCc3ccccc3)[C@@H](O[C@H]3O[C@H](COCc4ccccc4)[C@@H](OP(=O)(OCc4ccccc4)OCc4ccccc4)[C@H](OP(=O)(OCc4ccccc4)OCc4ccccc4)[C@H]3OCc3ccccc3)[C@H]2OP(=O)(OCc2ccccc2)OCc2ccccc2)c2ccccc12. The van der Waals surface area contributed by atoms with E-state index in [0.29, 0.717) is 44.5 Å². The van der Waals surface area contributed by atoms with E-state index in [4.69, 9.17) is 69.1 Å². The molecule has 548 valence electrons. The van der Waals surface area contributed by atoms with E-state index in [1.54, 1.807) is 0 Å². The first-order valence-corrected chi connectivity index (χ1v) is 39.7. The van der Waals surface area contributed by atoms with Crippen molar-refractivity contribution in [2.45, 2.75) is 122 Å².